The Morgan fingerprint density at radius 2 is 1.91 bits per heavy atom. The fraction of sp³-hybridized carbons (Fsp3) is 0.182. The molecule has 3 aromatic rings. The average Bonchev–Trinajstić information content (AvgIpc) is 3.13. The number of nitro groups is 1. The highest BCUT2D eigenvalue weighted by molar-refractivity contribution is 6.44. The van der Waals surface area contributed by atoms with E-state index in [1.165, 1.54) is 12.1 Å². The molecule has 8 nitrogen and oxygen atoms in total. The van der Waals surface area contributed by atoms with Crippen molar-refractivity contribution in [3.8, 4) is 0 Å². The van der Waals surface area contributed by atoms with Gasteiger partial charge in [-0.25, -0.2) is 0 Å². The Morgan fingerprint density at radius 3 is 2.62 bits per heavy atom. The summed E-state index contributed by atoms with van der Waals surface area (Å²) in [5.74, 6) is 0.458. The van der Waals surface area contributed by atoms with Crippen LogP contribution in [-0.4, -0.2) is 16.5 Å². The van der Waals surface area contributed by atoms with Gasteiger partial charge in [0.05, 0.1) is 32.1 Å². The third kappa shape index (κ3) is 4.32. The molecule has 0 aliphatic heterocycles. The molecule has 1 aliphatic carbocycles. The van der Waals surface area contributed by atoms with E-state index in [2.05, 4.69) is 15.8 Å². The lowest BCUT2D eigenvalue weighted by atomic mass is 9.93. The number of carbonyl (C=O) groups excluding carboxylic acids is 1. The molecule has 0 saturated carbocycles. The summed E-state index contributed by atoms with van der Waals surface area (Å²) >= 11 is 12.2. The maximum absolute atomic E-state index is 12.9. The van der Waals surface area contributed by atoms with E-state index in [9.17, 15) is 14.9 Å². The zero-order chi connectivity index (χ0) is 22.8. The maximum atomic E-state index is 12.9. The Morgan fingerprint density at radius 1 is 1.16 bits per heavy atom. The maximum Gasteiger partial charge on any atom is 0.291 e. The highest BCUT2D eigenvalue weighted by Gasteiger charge is 2.28. The molecule has 0 saturated heterocycles. The van der Waals surface area contributed by atoms with Crippen molar-refractivity contribution < 1.29 is 14.1 Å². The molecule has 0 fully saturated rings. The molecule has 1 aliphatic rings. The quantitative estimate of drug-likeness (QED) is 0.338. The fourth-order valence-electron chi connectivity index (χ4n) is 3.57. The van der Waals surface area contributed by atoms with Crippen LogP contribution in [0.25, 0.3) is 0 Å². The first kappa shape index (κ1) is 21.9. The number of hydrogen-bond donors (Lipinski definition) is 2. The summed E-state index contributed by atoms with van der Waals surface area (Å²) in [6, 6.07) is 11.0. The molecule has 0 unspecified atom stereocenters. The fourth-order valence-corrected chi connectivity index (χ4v) is 3.91. The van der Waals surface area contributed by atoms with Crippen LogP contribution in [0, 0.1) is 17.0 Å². The SMILES string of the molecule is Cc1c(C(=O)Nc2cccc(Cl)c2Cl)oc2c1/C(=N/Nc1ccc([N+](=O)[O-])cc1)CCC2. The van der Waals surface area contributed by atoms with Gasteiger partial charge in [-0.3, -0.25) is 20.3 Å². The monoisotopic (exact) mass is 472 g/mol. The van der Waals surface area contributed by atoms with Crippen LogP contribution in [0.4, 0.5) is 17.1 Å². The number of non-ortho nitro benzene ring substituents is 1. The minimum absolute atomic E-state index is 0.00398. The number of nitro benzene ring substituents is 1. The van der Waals surface area contributed by atoms with Crippen molar-refractivity contribution >= 4 is 51.9 Å². The van der Waals surface area contributed by atoms with E-state index in [0.29, 0.717) is 40.6 Å². The first-order valence-corrected chi connectivity index (χ1v) is 10.6. The average molecular weight is 473 g/mol. The molecule has 2 N–H and O–H groups in total. The number of rotatable bonds is 5. The number of carbonyl (C=O) groups is 1. The molecule has 0 spiro atoms. The minimum Gasteiger partial charge on any atom is -0.455 e. The number of hydrazone groups is 1. The van der Waals surface area contributed by atoms with Crippen molar-refractivity contribution in [2.75, 3.05) is 10.7 Å². The molecule has 2 aromatic carbocycles. The van der Waals surface area contributed by atoms with Gasteiger partial charge < -0.3 is 9.73 Å². The number of nitrogens with zero attached hydrogens (tertiary/aromatic N) is 2. The predicted molar refractivity (Wildman–Crippen MR) is 124 cm³/mol. The topological polar surface area (TPSA) is 110 Å². The normalized spacial score (nSPS) is 14.2. The number of fused-ring (bicyclic) bond motifs is 1. The third-order valence-corrected chi connectivity index (χ3v) is 5.95. The van der Waals surface area contributed by atoms with Gasteiger partial charge in [0.25, 0.3) is 11.6 Å². The highest BCUT2D eigenvalue weighted by Crippen LogP contribution is 2.33. The highest BCUT2D eigenvalue weighted by atomic mass is 35.5. The second kappa shape index (κ2) is 9.02. The zero-order valence-corrected chi connectivity index (χ0v) is 18.5. The molecular weight excluding hydrogens is 455 g/mol. The molecule has 10 heteroatoms. The number of halogens is 2. The molecular formula is C22H18Cl2N4O4. The smallest absolute Gasteiger partial charge is 0.291 e. The van der Waals surface area contributed by atoms with Gasteiger partial charge in [-0.05, 0) is 44.0 Å². The van der Waals surface area contributed by atoms with Crippen LogP contribution >= 0.6 is 23.2 Å². The lowest BCUT2D eigenvalue weighted by Crippen LogP contribution is -2.14. The number of hydrogen-bond acceptors (Lipinski definition) is 6. The van der Waals surface area contributed by atoms with Crippen LogP contribution in [0.5, 0.6) is 0 Å². The van der Waals surface area contributed by atoms with Crippen molar-refractivity contribution in [3.05, 3.63) is 85.3 Å². The van der Waals surface area contributed by atoms with Gasteiger partial charge in [0.2, 0.25) is 0 Å². The largest absolute Gasteiger partial charge is 0.455 e. The van der Waals surface area contributed by atoms with Gasteiger partial charge in [-0.1, -0.05) is 29.3 Å². The van der Waals surface area contributed by atoms with E-state index in [1.807, 2.05) is 6.92 Å². The van der Waals surface area contributed by atoms with E-state index in [4.69, 9.17) is 27.6 Å². The van der Waals surface area contributed by atoms with E-state index in [1.54, 1.807) is 30.3 Å². The van der Waals surface area contributed by atoms with Crippen LogP contribution in [0.15, 0.2) is 52.0 Å². The summed E-state index contributed by atoms with van der Waals surface area (Å²) < 4.78 is 5.89. The molecule has 1 heterocycles. The van der Waals surface area contributed by atoms with Crippen molar-refractivity contribution in [1.82, 2.24) is 0 Å². The molecule has 0 bridgehead atoms. The molecule has 0 atom stereocenters. The first-order valence-electron chi connectivity index (χ1n) is 9.80. The minimum atomic E-state index is -0.457. The summed E-state index contributed by atoms with van der Waals surface area (Å²) in [6.07, 6.45) is 2.22. The number of nitrogens with one attached hydrogen (secondary N) is 2. The number of anilines is 2. The molecule has 1 amide bonds. The molecule has 4 rings (SSSR count). The summed E-state index contributed by atoms with van der Waals surface area (Å²) in [5, 5.41) is 18.6. The summed E-state index contributed by atoms with van der Waals surface area (Å²) in [5.41, 5.74) is 6.18. The van der Waals surface area contributed by atoms with Gasteiger partial charge in [0.15, 0.2) is 5.76 Å². The zero-order valence-electron chi connectivity index (χ0n) is 16.9. The van der Waals surface area contributed by atoms with Crippen molar-refractivity contribution in [2.24, 2.45) is 5.10 Å². The second-order valence-electron chi connectivity index (χ2n) is 7.24. The van der Waals surface area contributed by atoms with E-state index in [0.717, 1.165) is 17.7 Å². The van der Waals surface area contributed by atoms with Gasteiger partial charge in [0.1, 0.15) is 5.76 Å². The van der Waals surface area contributed by atoms with Crippen LogP contribution < -0.4 is 10.7 Å². The van der Waals surface area contributed by atoms with Gasteiger partial charge in [-0.2, -0.15) is 5.10 Å². The Balaban J connectivity index is 1.58. The first-order chi connectivity index (χ1) is 15.3. The van der Waals surface area contributed by atoms with Gasteiger partial charge in [-0.15, -0.1) is 0 Å². The van der Waals surface area contributed by atoms with Crippen molar-refractivity contribution in [2.45, 2.75) is 26.2 Å². The third-order valence-electron chi connectivity index (χ3n) is 5.13. The Kier molecular flexibility index (Phi) is 6.16. The second-order valence-corrected chi connectivity index (χ2v) is 8.02. The van der Waals surface area contributed by atoms with Crippen LogP contribution in [0.3, 0.4) is 0 Å². The van der Waals surface area contributed by atoms with E-state index >= 15 is 0 Å². The Bertz CT molecular complexity index is 1240. The number of amides is 1. The van der Waals surface area contributed by atoms with Crippen LogP contribution in [0.2, 0.25) is 10.0 Å². The Hall–Kier alpha value is -3.36. The molecule has 0 radical (unpaired) electrons. The molecule has 1 aromatic heterocycles. The summed E-state index contributed by atoms with van der Waals surface area (Å²) in [4.78, 5) is 23.2. The standard InChI is InChI=1S/C22H18Cl2N4O4/c1-12-19-16(27-26-13-8-10-14(11-9-13)28(30)31)5-3-7-18(19)32-21(12)22(29)25-17-6-2-4-15(23)20(17)24/h2,4,6,8-11,26H,3,5,7H2,1H3,(H,25,29)/b27-16+. The van der Waals surface area contributed by atoms with Crippen LogP contribution in [-0.2, 0) is 6.42 Å². The lowest BCUT2D eigenvalue weighted by Gasteiger charge is -2.13. The van der Waals surface area contributed by atoms with Gasteiger partial charge in [0, 0.05) is 29.7 Å². The van der Waals surface area contributed by atoms with E-state index < -0.39 is 10.8 Å². The summed E-state index contributed by atoms with van der Waals surface area (Å²) in [7, 11) is 0. The van der Waals surface area contributed by atoms with Crippen molar-refractivity contribution in [3.63, 3.8) is 0 Å². The molecule has 32 heavy (non-hydrogen) atoms. The number of benzene rings is 2. The van der Waals surface area contributed by atoms with E-state index in [-0.39, 0.29) is 16.5 Å². The number of furan rings is 1. The van der Waals surface area contributed by atoms with Gasteiger partial charge >= 0.3 is 0 Å². The van der Waals surface area contributed by atoms with Crippen LogP contribution in [0.1, 0.15) is 40.3 Å². The summed E-state index contributed by atoms with van der Waals surface area (Å²) in [6.45, 7) is 1.81. The predicted octanol–water partition coefficient (Wildman–Crippen LogP) is 6.21. The Labute approximate surface area is 193 Å². The molecule has 164 valence electrons. The van der Waals surface area contributed by atoms with Crippen molar-refractivity contribution in [1.29, 1.82) is 0 Å². The lowest BCUT2D eigenvalue weighted by molar-refractivity contribution is -0.384. The number of aryl methyl sites for hydroxylation is 1.